The third kappa shape index (κ3) is 7.54. The molecule has 2 aliphatic rings. The molecule has 2 fully saturated rings. The molecule has 3 atom stereocenters. The Hall–Kier alpha value is -2.13. The Morgan fingerprint density at radius 2 is 1.64 bits per heavy atom. The van der Waals surface area contributed by atoms with Crippen molar-refractivity contribution in [3.05, 3.63) is 10.5 Å². The van der Waals surface area contributed by atoms with E-state index in [1.807, 2.05) is 4.57 Å². The number of fused-ring (bicyclic) bond motifs is 1. The number of hydrogen-bond donors (Lipinski definition) is 2. The summed E-state index contributed by atoms with van der Waals surface area (Å²) in [6.45, 7) is 11.8. The molecule has 2 aliphatic heterocycles. The van der Waals surface area contributed by atoms with Gasteiger partial charge < -0.3 is 20.4 Å². The number of nitrogen functional groups attached to an aromatic ring is 1. The molecule has 0 spiro atoms. The van der Waals surface area contributed by atoms with Gasteiger partial charge in [0.15, 0.2) is 11.5 Å². The standard InChI is InChI=1S/C30H53N7O2/c1-4-7-18-35-20-12-10-14-23(35)16-17-25(24-15-11-13-21-36(24)19-8-5-2)37-28-26(32-30(37)38)27(31)33-29(34-28)39-22-9-6-3/h23-25H,4-22H2,1-3H3,(H,32,38)(H2,31,33,34). The molecular formula is C30H53N7O2. The first-order valence-corrected chi connectivity index (χ1v) is 16.0. The Bertz CT molecular complexity index is 1070. The van der Waals surface area contributed by atoms with E-state index < -0.39 is 0 Å². The summed E-state index contributed by atoms with van der Waals surface area (Å²) in [7, 11) is 0. The Kier molecular flexibility index (Phi) is 11.5. The van der Waals surface area contributed by atoms with Crippen LogP contribution in [0, 0.1) is 0 Å². The average molecular weight is 544 g/mol. The van der Waals surface area contributed by atoms with Crippen molar-refractivity contribution >= 4 is 17.0 Å². The largest absolute Gasteiger partial charge is 0.463 e. The molecule has 3 N–H and O–H groups in total. The van der Waals surface area contributed by atoms with Gasteiger partial charge >= 0.3 is 11.7 Å². The van der Waals surface area contributed by atoms with Gasteiger partial charge in [0.2, 0.25) is 0 Å². The second kappa shape index (κ2) is 15.0. The van der Waals surface area contributed by atoms with Gasteiger partial charge in [-0.25, -0.2) is 4.79 Å². The number of ether oxygens (including phenoxy) is 1. The van der Waals surface area contributed by atoms with Gasteiger partial charge in [0.05, 0.1) is 12.6 Å². The van der Waals surface area contributed by atoms with E-state index in [1.165, 1.54) is 70.9 Å². The summed E-state index contributed by atoms with van der Waals surface area (Å²) >= 11 is 0. The van der Waals surface area contributed by atoms with Crippen LogP contribution in [-0.2, 0) is 0 Å². The molecule has 0 bridgehead atoms. The van der Waals surface area contributed by atoms with Crippen molar-refractivity contribution in [2.75, 3.05) is 38.5 Å². The molecule has 0 amide bonds. The van der Waals surface area contributed by atoms with Gasteiger partial charge in [0.1, 0.15) is 5.52 Å². The number of piperidine rings is 2. The zero-order valence-corrected chi connectivity index (χ0v) is 24.8. The zero-order valence-electron chi connectivity index (χ0n) is 24.8. The van der Waals surface area contributed by atoms with Crippen LogP contribution in [0.15, 0.2) is 4.79 Å². The Balaban J connectivity index is 1.68. The van der Waals surface area contributed by atoms with Crippen molar-refractivity contribution in [1.29, 1.82) is 0 Å². The van der Waals surface area contributed by atoms with Gasteiger partial charge in [-0.15, -0.1) is 0 Å². The first-order chi connectivity index (χ1) is 19.1. The van der Waals surface area contributed by atoms with Crippen LogP contribution in [0.1, 0.15) is 117 Å². The number of aromatic amines is 1. The lowest BCUT2D eigenvalue weighted by atomic mass is 9.89. The fourth-order valence-corrected chi connectivity index (χ4v) is 6.67. The minimum absolute atomic E-state index is 0.0381. The van der Waals surface area contributed by atoms with Crippen molar-refractivity contribution in [2.45, 2.75) is 129 Å². The van der Waals surface area contributed by atoms with E-state index in [1.54, 1.807) is 0 Å². The number of likely N-dealkylation sites (tertiary alicyclic amines) is 2. The number of unbranched alkanes of at least 4 members (excludes halogenated alkanes) is 3. The second-order valence-electron chi connectivity index (χ2n) is 11.7. The van der Waals surface area contributed by atoms with Gasteiger partial charge in [0.25, 0.3) is 0 Å². The Labute approximate surface area is 234 Å². The highest BCUT2D eigenvalue weighted by Crippen LogP contribution is 2.34. The van der Waals surface area contributed by atoms with Gasteiger partial charge in [0, 0.05) is 12.1 Å². The number of anilines is 1. The summed E-state index contributed by atoms with van der Waals surface area (Å²) in [4.78, 5) is 31.2. The van der Waals surface area contributed by atoms with E-state index in [2.05, 4.69) is 40.5 Å². The quantitative estimate of drug-likeness (QED) is 0.285. The summed E-state index contributed by atoms with van der Waals surface area (Å²) in [5, 5.41) is 0. The maximum Gasteiger partial charge on any atom is 0.328 e. The number of hydrogen-bond acceptors (Lipinski definition) is 7. The van der Waals surface area contributed by atoms with E-state index in [9.17, 15) is 4.79 Å². The van der Waals surface area contributed by atoms with Crippen molar-refractivity contribution in [3.63, 3.8) is 0 Å². The maximum atomic E-state index is 13.6. The topological polar surface area (TPSA) is 105 Å². The molecule has 220 valence electrons. The van der Waals surface area contributed by atoms with Crippen LogP contribution in [0.25, 0.3) is 11.2 Å². The molecule has 4 rings (SSSR count). The molecule has 2 aromatic rings. The molecule has 39 heavy (non-hydrogen) atoms. The number of nitrogens with two attached hydrogens (primary N) is 1. The van der Waals surface area contributed by atoms with Gasteiger partial charge in [-0.1, -0.05) is 52.9 Å². The zero-order chi connectivity index (χ0) is 27.6. The normalized spacial score (nSPS) is 21.9. The minimum atomic E-state index is -0.130. The van der Waals surface area contributed by atoms with Crippen LogP contribution in [0.3, 0.4) is 0 Å². The van der Waals surface area contributed by atoms with Crippen molar-refractivity contribution < 1.29 is 4.74 Å². The van der Waals surface area contributed by atoms with Crippen molar-refractivity contribution in [3.8, 4) is 6.01 Å². The maximum absolute atomic E-state index is 13.6. The van der Waals surface area contributed by atoms with E-state index in [4.69, 9.17) is 15.5 Å². The van der Waals surface area contributed by atoms with Gasteiger partial charge in [-0.05, 0) is 84.0 Å². The Morgan fingerprint density at radius 3 is 2.38 bits per heavy atom. The summed E-state index contributed by atoms with van der Waals surface area (Å²) < 4.78 is 7.78. The Morgan fingerprint density at radius 1 is 0.949 bits per heavy atom. The number of nitrogens with one attached hydrogen (secondary N) is 1. The lowest BCUT2D eigenvalue weighted by molar-refractivity contribution is 0.0835. The van der Waals surface area contributed by atoms with Crippen LogP contribution in [0.4, 0.5) is 5.82 Å². The van der Waals surface area contributed by atoms with Gasteiger partial charge in [-0.3, -0.25) is 9.47 Å². The molecule has 0 saturated carbocycles. The molecule has 0 aromatic carbocycles. The van der Waals surface area contributed by atoms with E-state index >= 15 is 0 Å². The summed E-state index contributed by atoms with van der Waals surface area (Å²) in [6.07, 6.45) is 16.3. The van der Waals surface area contributed by atoms with E-state index in [0.29, 0.717) is 29.9 Å². The highest BCUT2D eigenvalue weighted by Gasteiger charge is 2.35. The fourth-order valence-electron chi connectivity index (χ4n) is 6.67. The summed E-state index contributed by atoms with van der Waals surface area (Å²) in [6, 6.07) is 1.21. The van der Waals surface area contributed by atoms with Crippen LogP contribution in [0.2, 0.25) is 0 Å². The van der Waals surface area contributed by atoms with E-state index in [-0.39, 0.29) is 23.6 Å². The van der Waals surface area contributed by atoms with Crippen molar-refractivity contribution in [2.24, 2.45) is 0 Å². The minimum Gasteiger partial charge on any atom is -0.463 e. The van der Waals surface area contributed by atoms with Crippen LogP contribution >= 0.6 is 0 Å². The van der Waals surface area contributed by atoms with Gasteiger partial charge in [-0.2, -0.15) is 9.97 Å². The third-order valence-electron chi connectivity index (χ3n) is 8.89. The first-order valence-electron chi connectivity index (χ1n) is 16.0. The smallest absolute Gasteiger partial charge is 0.328 e. The SMILES string of the molecule is CCCCOc1nc(N)c2[nH]c(=O)n(C(CCC3CCCCN3CCCC)C3CCCCN3CCCC)c2n1. The number of aromatic nitrogens is 4. The summed E-state index contributed by atoms with van der Waals surface area (Å²) in [5.74, 6) is 0.283. The van der Waals surface area contributed by atoms with Crippen LogP contribution in [-0.4, -0.2) is 74.2 Å². The lowest BCUT2D eigenvalue weighted by Gasteiger charge is -2.42. The number of H-pyrrole nitrogens is 1. The molecule has 0 radical (unpaired) electrons. The second-order valence-corrected chi connectivity index (χ2v) is 11.7. The average Bonchev–Trinajstić information content (AvgIpc) is 3.28. The molecular weight excluding hydrogens is 490 g/mol. The monoisotopic (exact) mass is 543 g/mol. The molecule has 3 unspecified atom stereocenters. The highest BCUT2D eigenvalue weighted by atomic mass is 16.5. The number of imidazole rings is 1. The van der Waals surface area contributed by atoms with E-state index in [0.717, 1.165) is 45.2 Å². The molecule has 0 aliphatic carbocycles. The predicted octanol–water partition coefficient (Wildman–Crippen LogP) is 5.51. The molecule has 2 saturated heterocycles. The van der Waals surface area contributed by atoms with Crippen LogP contribution < -0.4 is 16.2 Å². The molecule has 9 heteroatoms. The number of nitrogens with zero attached hydrogens (tertiary/aromatic N) is 5. The fraction of sp³-hybridized carbons (Fsp3) is 0.833. The molecule has 2 aromatic heterocycles. The number of rotatable bonds is 15. The van der Waals surface area contributed by atoms with Crippen LogP contribution in [0.5, 0.6) is 6.01 Å². The third-order valence-corrected chi connectivity index (χ3v) is 8.89. The highest BCUT2D eigenvalue weighted by molar-refractivity contribution is 5.82. The predicted molar refractivity (Wildman–Crippen MR) is 159 cm³/mol. The molecule has 4 heterocycles. The van der Waals surface area contributed by atoms with Crippen molar-refractivity contribution in [1.82, 2.24) is 29.3 Å². The first kappa shape index (κ1) is 29.8. The molecule has 9 nitrogen and oxygen atoms in total. The summed E-state index contributed by atoms with van der Waals surface area (Å²) in [5.41, 5.74) is 7.34. The lowest BCUT2D eigenvalue weighted by Crippen LogP contribution is -2.47.